The summed E-state index contributed by atoms with van der Waals surface area (Å²) in [6.45, 7) is 0.313. The standard InChI is InChI=1S/C17H14ClFN2O2/c18-14-9-12(19)6-7-15(14)20-17(23)11-8-16(22)21(10-11)13-4-2-1-3-5-13/h1-7,9,11H,8,10H2,(H,20,23). The van der Waals surface area contributed by atoms with Gasteiger partial charge >= 0.3 is 0 Å². The minimum Gasteiger partial charge on any atom is -0.324 e. The SMILES string of the molecule is O=C(Nc1ccc(F)cc1Cl)C1CC(=O)N(c2ccccc2)C1. The van der Waals surface area contributed by atoms with Gasteiger partial charge in [-0.3, -0.25) is 9.59 Å². The summed E-state index contributed by atoms with van der Waals surface area (Å²) in [5.74, 6) is -1.34. The van der Waals surface area contributed by atoms with Crippen LogP contribution in [0.4, 0.5) is 15.8 Å². The monoisotopic (exact) mass is 332 g/mol. The number of para-hydroxylation sites is 1. The number of nitrogens with one attached hydrogen (secondary N) is 1. The number of hydrogen-bond donors (Lipinski definition) is 1. The van der Waals surface area contributed by atoms with Gasteiger partial charge in [0.2, 0.25) is 11.8 Å². The summed E-state index contributed by atoms with van der Waals surface area (Å²) in [6.07, 6.45) is 0.138. The minimum absolute atomic E-state index is 0.0958. The van der Waals surface area contributed by atoms with Crippen LogP contribution in [0, 0.1) is 11.7 Å². The van der Waals surface area contributed by atoms with Crippen molar-refractivity contribution in [2.45, 2.75) is 6.42 Å². The molecule has 1 aliphatic heterocycles. The summed E-state index contributed by atoms with van der Waals surface area (Å²) in [5, 5.41) is 2.78. The van der Waals surface area contributed by atoms with Crippen molar-refractivity contribution in [2.75, 3.05) is 16.8 Å². The third-order valence-electron chi connectivity index (χ3n) is 3.75. The number of hydrogen-bond acceptors (Lipinski definition) is 2. The van der Waals surface area contributed by atoms with Gasteiger partial charge in [-0.05, 0) is 30.3 Å². The van der Waals surface area contributed by atoms with Crippen molar-refractivity contribution in [3.05, 3.63) is 59.4 Å². The highest BCUT2D eigenvalue weighted by molar-refractivity contribution is 6.33. The molecule has 4 nitrogen and oxygen atoms in total. The molecule has 1 atom stereocenters. The minimum atomic E-state index is -0.473. The van der Waals surface area contributed by atoms with Crippen molar-refractivity contribution in [2.24, 2.45) is 5.92 Å². The van der Waals surface area contributed by atoms with Crippen LogP contribution in [-0.4, -0.2) is 18.4 Å². The highest BCUT2D eigenvalue weighted by atomic mass is 35.5. The van der Waals surface area contributed by atoms with Gasteiger partial charge in [0, 0.05) is 18.7 Å². The highest BCUT2D eigenvalue weighted by Crippen LogP contribution is 2.27. The van der Waals surface area contributed by atoms with Crippen LogP contribution in [0.15, 0.2) is 48.5 Å². The van der Waals surface area contributed by atoms with Crippen LogP contribution in [0.5, 0.6) is 0 Å². The molecule has 1 fully saturated rings. The van der Waals surface area contributed by atoms with Gasteiger partial charge in [-0.25, -0.2) is 4.39 Å². The second kappa shape index (κ2) is 6.38. The van der Waals surface area contributed by atoms with Crippen molar-refractivity contribution in [1.82, 2.24) is 0 Å². The molecule has 3 rings (SSSR count). The van der Waals surface area contributed by atoms with Crippen LogP contribution in [0.25, 0.3) is 0 Å². The average Bonchev–Trinajstić information content (AvgIpc) is 2.93. The maximum absolute atomic E-state index is 13.0. The molecule has 2 amide bonds. The summed E-state index contributed by atoms with van der Waals surface area (Å²) in [5.41, 5.74) is 1.11. The Morgan fingerprint density at radius 3 is 2.65 bits per heavy atom. The van der Waals surface area contributed by atoms with E-state index >= 15 is 0 Å². The molecular formula is C17H14ClFN2O2. The number of carbonyl (C=O) groups excluding carboxylic acids is 2. The van der Waals surface area contributed by atoms with E-state index in [4.69, 9.17) is 11.6 Å². The molecule has 23 heavy (non-hydrogen) atoms. The summed E-state index contributed by atoms with van der Waals surface area (Å²) < 4.78 is 13.0. The fourth-order valence-corrected chi connectivity index (χ4v) is 2.78. The summed E-state index contributed by atoms with van der Waals surface area (Å²) in [4.78, 5) is 26.0. The number of amides is 2. The zero-order chi connectivity index (χ0) is 16.4. The van der Waals surface area contributed by atoms with Crippen molar-refractivity contribution in [3.63, 3.8) is 0 Å². The lowest BCUT2D eigenvalue weighted by Crippen LogP contribution is -2.28. The van der Waals surface area contributed by atoms with Crippen LogP contribution >= 0.6 is 11.6 Å². The van der Waals surface area contributed by atoms with Gasteiger partial charge in [0.25, 0.3) is 0 Å². The third-order valence-corrected chi connectivity index (χ3v) is 4.07. The Hall–Kier alpha value is -2.40. The third kappa shape index (κ3) is 3.35. The Labute approximate surface area is 137 Å². The Kier molecular flexibility index (Phi) is 4.30. The van der Waals surface area contributed by atoms with Gasteiger partial charge in [0.15, 0.2) is 0 Å². The maximum Gasteiger partial charge on any atom is 0.229 e. The van der Waals surface area contributed by atoms with E-state index in [2.05, 4.69) is 5.32 Å². The van der Waals surface area contributed by atoms with Gasteiger partial charge < -0.3 is 10.2 Å². The Balaban J connectivity index is 1.71. The van der Waals surface area contributed by atoms with Crippen molar-refractivity contribution in [3.8, 4) is 0 Å². The highest BCUT2D eigenvalue weighted by Gasteiger charge is 2.35. The van der Waals surface area contributed by atoms with E-state index < -0.39 is 11.7 Å². The van der Waals surface area contributed by atoms with Crippen LogP contribution in [0.3, 0.4) is 0 Å². The average molecular weight is 333 g/mol. The fourth-order valence-electron chi connectivity index (χ4n) is 2.57. The molecule has 1 saturated heterocycles. The van der Waals surface area contributed by atoms with Crippen LogP contribution in [0.2, 0.25) is 5.02 Å². The van der Waals surface area contributed by atoms with Gasteiger partial charge in [0.05, 0.1) is 16.6 Å². The molecule has 0 radical (unpaired) electrons. The molecule has 1 N–H and O–H groups in total. The summed E-state index contributed by atoms with van der Waals surface area (Å²) in [7, 11) is 0. The molecule has 1 heterocycles. The van der Waals surface area contributed by atoms with Gasteiger partial charge in [-0.15, -0.1) is 0 Å². The van der Waals surface area contributed by atoms with E-state index in [-0.39, 0.29) is 23.3 Å². The molecule has 1 aliphatic rings. The predicted molar refractivity (Wildman–Crippen MR) is 86.9 cm³/mol. The molecule has 0 spiro atoms. The maximum atomic E-state index is 13.0. The molecule has 1 unspecified atom stereocenters. The number of halogens is 2. The molecule has 118 valence electrons. The van der Waals surface area contributed by atoms with Crippen LogP contribution < -0.4 is 10.2 Å². The largest absolute Gasteiger partial charge is 0.324 e. The fraction of sp³-hybridized carbons (Fsp3) is 0.176. The van der Waals surface area contributed by atoms with E-state index in [1.165, 1.54) is 12.1 Å². The Morgan fingerprint density at radius 2 is 1.96 bits per heavy atom. The second-order valence-corrected chi connectivity index (χ2v) is 5.76. The molecule has 0 bridgehead atoms. The number of carbonyl (C=O) groups is 2. The second-order valence-electron chi connectivity index (χ2n) is 5.35. The van der Waals surface area contributed by atoms with Gasteiger partial charge in [0.1, 0.15) is 5.82 Å². The zero-order valence-corrected chi connectivity index (χ0v) is 12.9. The lowest BCUT2D eigenvalue weighted by atomic mass is 10.1. The number of anilines is 2. The number of nitrogens with zero attached hydrogens (tertiary/aromatic N) is 1. The first-order valence-corrected chi connectivity index (χ1v) is 7.54. The number of benzene rings is 2. The van der Waals surface area contributed by atoms with Crippen LogP contribution in [0.1, 0.15) is 6.42 Å². The summed E-state index contributed by atoms with van der Waals surface area (Å²) >= 11 is 5.90. The van der Waals surface area contributed by atoms with Crippen molar-refractivity contribution in [1.29, 1.82) is 0 Å². The molecule has 0 aromatic heterocycles. The van der Waals surface area contributed by atoms with Crippen molar-refractivity contribution < 1.29 is 14.0 Å². The first kappa shape index (κ1) is 15.5. The molecule has 2 aromatic rings. The van der Waals surface area contributed by atoms with Crippen molar-refractivity contribution >= 4 is 34.8 Å². The summed E-state index contributed by atoms with van der Waals surface area (Å²) in [6, 6.07) is 13.0. The predicted octanol–water partition coefficient (Wildman–Crippen LogP) is 3.47. The molecule has 2 aromatic carbocycles. The molecular weight excluding hydrogens is 319 g/mol. The Bertz CT molecular complexity index is 752. The normalized spacial score (nSPS) is 17.4. The Morgan fingerprint density at radius 1 is 1.22 bits per heavy atom. The molecule has 0 aliphatic carbocycles. The first-order chi connectivity index (χ1) is 11.0. The van der Waals surface area contributed by atoms with E-state index in [0.717, 1.165) is 11.8 Å². The van der Waals surface area contributed by atoms with Gasteiger partial charge in [-0.1, -0.05) is 29.8 Å². The van der Waals surface area contributed by atoms with E-state index in [1.54, 1.807) is 4.90 Å². The lowest BCUT2D eigenvalue weighted by molar-refractivity contribution is -0.122. The van der Waals surface area contributed by atoms with E-state index in [0.29, 0.717) is 12.2 Å². The topological polar surface area (TPSA) is 49.4 Å². The lowest BCUT2D eigenvalue weighted by Gasteiger charge is -2.16. The number of rotatable bonds is 3. The molecule has 6 heteroatoms. The van der Waals surface area contributed by atoms with Crippen LogP contribution in [-0.2, 0) is 9.59 Å². The molecule has 0 saturated carbocycles. The quantitative estimate of drug-likeness (QED) is 0.935. The zero-order valence-electron chi connectivity index (χ0n) is 12.1. The van der Waals surface area contributed by atoms with Gasteiger partial charge in [-0.2, -0.15) is 0 Å². The smallest absolute Gasteiger partial charge is 0.229 e. The first-order valence-electron chi connectivity index (χ1n) is 7.16. The van der Waals surface area contributed by atoms with E-state index in [1.807, 2.05) is 30.3 Å². The van der Waals surface area contributed by atoms with E-state index in [9.17, 15) is 14.0 Å².